The summed E-state index contributed by atoms with van der Waals surface area (Å²) in [5.74, 6) is 0.0341. The van der Waals surface area contributed by atoms with Crippen molar-refractivity contribution in [3.8, 4) is 11.5 Å². The maximum atomic E-state index is 12.5. The largest absolute Gasteiger partial charge is 0.486 e. The zero-order valence-electron chi connectivity index (χ0n) is 18.8. The fourth-order valence-electron chi connectivity index (χ4n) is 3.18. The van der Waals surface area contributed by atoms with Crippen LogP contribution in [0.1, 0.15) is 31.2 Å². The number of carbonyl (C=O) groups is 2. The zero-order valence-corrected chi connectivity index (χ0v) is 21.2. The number of nitrogens with one attached hydrogen (secondary N) is 2. The van der Waals surface area contributed by atoms with Crippen LogP contribution in [-0.4, -0.2) is 46.7 Å². The molecule has 0 atom stereocenters. The first-order chi connectivity index (χ1) is 16.2. The molecule has 0 unspecified atom stereocenters. The number of hydrogen-bond acceptors (Lipinski definition) is 7. The molecule has 0 saturated heterocycles. The van der Waals surface area contributed by atoms with Crippen molar-refractivity contribution >= 4 is 43.5 Å². The lowest BCUT2D eigenvalue weighted by molar-refractivity contribution is -0.147. The summed E-state index contributed by atoms with van der Waals surface area (Å²) >= 11 is 3.37. The minimum absolute atomic E-state index is 0.108. The maximum absolute atomic E-state index is 12.5. The second kappa shape index (κ2) is 12.2. The summed E-state index contributed by atoms with van der Waals surface area (Å²) in [6, 6.07) is 10.00. The molecule has 1 aliphatic rings. The number of unbranched alkanes of at least 4 members (excludes halogenated alkanes) is 2. The van der Waals surface area contributed by atoms with Crippen LogP contribution in [0.2, 0.25) is 0 Å². The van der Waals surface area contributed by atoms with Crippen LogP contribution in [0.15, 0.2) is 45.8 Å². The molecule has 0 fully saturated rings. The van der Waals surface area contributed by atoms with E-state index < -0.39 is 21.9 Å². The second-order valence-electron chi connectivity index (χ2n) is 7.71. The lowest BCUT2D eigenvalue weighted by Gasteiger charge is -2.18. The van der Waals surface area contributed by atoms with Crippen molar-refractivity contribution in [2.45, 2.75) is 37.5 Å². The number of aryl methyl sites for hydroxylation is 1. The predicted octanol–water partition coefficient (Wildman–Crippen LogP) is 3.55. The van der Waals surface area contributed by atoms with Crippen molar-refractivity contribution in [3.63, 3.8) is 0 Å². The van der Waals surface area contributed by atoms with E-state index in [0.717, 1.165) is 10.0 Å². The molecule has 184 valence electrons. The van der Waals surface area contributed by atoms with Crippen molar-refractivity contribution in [1.82, 2.24) is 4.72 Å². The van der Waals surface area contributed by atoms with Crippen molar-refractivity contribution in [2.75, 3.05) is 31.7 Å². The molecule has 0 bridgehead atoms. The van der Waals surface area contributed by atoms with Crippen molar-refractivity contribution in [1.29, 1.82) is 0 Å². The highest BCUT2D eigenvalue weighted by molar-refractivity contribution is 9.10. The smallest absolute Gasteiger partial charge is 0.306 e. The van der Waals surface area contributed by atoms with Crippen molar-refractivity contribution in [3.05, 3.63) is 46.4 Å². The number of ether oxygens (including phenoxy) is 3. The quantitative estimate of drug-likeness (QED) is 0.322. The highest BCUT2D eigenvalue weighted by atomic mass is 79.9. The summed E-state index contributed by atoms with van der Waals surface area (Å²) < 4.78 is 44.0. The number of sulfonamides is 1. The van der Waals surface area contributed by atoms with E-state index in [4.69, 9.17) is 14.2 Å². The Morgan fingerprint density at radius 2 is 1.79 bits per heavy atom. The van der Waals surface area contributed by atoms with E-state index in [9.17, 15) is 18.0 Å². The summed E-state index contributed by atoms with van der Waals surface area (Å²) in [4.78, 5) is 23.9. The van der Waals surface area contributed by atoms with Gasteiger partial charge in [0.2, 0.25) is 10.0 Å². The molecule has 0 spiro atoms. The third kappa shape index (κ3) is 7.71. The maximum Gasteiger partial charge on any atom is 0.306 e. The predicted molar refractivity (Wildman–Crippen MR) is 130 cm³/mol. The molecule has 9 nitrogen and oxygen atoms in total. The Bertz CT molecular complexity index is 1140. The molecule has 3 rings (SSSR count). The summed E-state index contributed by atoms with van der Waals surface area (Å²) in [7, 11) is -3.67. The molecule has 1 heterocycles. The van der Waals surface area contributed by atoms with E-state index in [1.807, 2.05) is 19.1 Å². The Balaban J connectivity index is 1.30. The van der Waals surface area contributed by atoms with Gasteiger partial charge in [0.15, 0.2) is 18.1 Å². The normalized spacial score (nSPS) is 12.8. The van der Waals surface area contributed by atoms with Gasteiger partial charge in [-0.15, -0.1) is 0 Å². The molecule has 0 aromatic heterocycles. The first-order valence-electron chi connectivity index (χ1n) is 10.9. The molecule has 2 N–H and O–H groups in total. The van der Waals surface area contributed by atoms with E-state index in [0.29, 0.717) is 49.7 Å². The first-order valence-corrected chi connectivity index (χ1v) is 13.1. The van der Waals surface area contributed by atoms with E-state index in [2.05, 4.69) is 26.0 Å². The number of esters is 1. The van der Waals surface area contributed by atoms with Gasteiger partial charge in [-0.25, -0.2) is 13.1 Å². The molecule has 11 heteroatoms. The second-order valence-corrected chi connectivity index (χ2v) is 10.3. The first kappa shape index (κ1) is 26.0. The number of amides is 1. The number of fused-ring (bicyclic) bond motifs is 1. The number of halogens is 1. The lowest BCUT2D eigenvalue weighted by atomic mass is 10.2. The van der Waals surface area contributed by atoms with Crippen LogP contribution in [-0.2, 0) is 24.3 Å². The summed E-state index contributed by atoms with van der Waals surface area (Å²) in [6.07, 6.45) is 1.85. The van der Waals surface area contributed by atoms with Crippen LogP contribution in [0.5, 0.6) is 11.5 Å². The lowest BCUT2D eigenvalue weighted by Crippen LogP contribution is -2.25. The molecule has 1 amide bonds. The van der Waals surface area contributed by atoms with Crippen molar-refractivity contribution in [2.24, 2.45) is 0 Å². The van der Waals surface area contributed by atoms with Crippen LogP contribution in [0, 0.1) is 6.92 Å². The molecule has 34 heavy (non-hydrogen) atoms. The Hall–Kier alpha value is -2.63. The van der Waals surface area contributed by atoms with Gasteiger partial charge in [0.25, 0.3) is 5.91 Å². The number of hydrogen-bond donors (Lipinski definition) is 2. The summed E-state index contributed by atoms with van der Waals surface area (Å²) in [6.45, 7) is 2.62. The average molecular weight is 555 g/mol. The van der Waals surface area contributed by atoms with Gasteiger partial charge >= 0.3 is 5.97 Å². The van der Waals surface area contributed by atoms with Gasteiger partial charge in [0.05, 0.1) is 10.6 Å². The van der Waals surface area contributed by atoms with Crippen molar-refractivity contribution < 1.29 is 32.2 Å². The fraction of sp³-hybridized carbons (Fsp3) is 0.391. The number of benzene rings is 2. The average Bonchev–Trinajstić information content (AvgIpc) is 2.81. The van der Waals surface area contributed by atoms with E-state index in [1.54, 1.807) is 12.1 Å². The van der Waals surface area contributed by atoms with Gasteiger partial charge < -0.3 is 19.5 Å². The van der Waals surface area contributed by atoms with Crippen LogP contribution in [0.3, 0.4) is 0 Å². The van der Waals surface area contributed by atoms with Gasteiger partial charge in [-0.2, -0.15) is 0 Å². The highest BCUT2D eigenvalue weighted by Crippen LogP contribution is 2.32. The van der Waals surface area contributed by atoms with Crippen LogP contribution in [0.4, 0.5) is 5.69 Å². The van der Waals surface area contributed by atoms with Gasteiger partial charge in [0, 0.05) is 23.5 Å². The van der Waals surface area contributed by atoms with Crippen LogP contribution in [0.25, 0.3) is 0 Å². The Kier molecular flexibility index (Phi) is 9.31. The monoisotopic (exact) mass is 554 g/mol. The van der Waals surface area contributed by atoms with Crippen LogP contribution >= 0.6 is 15.9 Å². The minimum Gasteiger partial charge on any atom is -0.486 e. The minimum atomic E-state index is -3.67. The molecule has 2 aromatic rings. The summed E-state index contributed by atoms with van der Waals surface area (Å²) in [5.41, 5.74) is 1.65. The Morgan fingerprint density at radius 3 is 2.56 bits per heavy atom. The fourth-order valence-corrected chi connectivity index (χ4v) is 4.86. The number of rotatable bonds is 11. The zero-order chi connectivity index (χ0) is 24.6. The molecular weight excluding hydrogens is 528 g/mol. The van der Waals surface area contributed by atoms with E-state index in [-0.39, 0.29) is 24.5 Å². The third-order valence-electron chi connectivity index (χ3n) is 4.94. The van der Waals surface area contributed by atoms with Gasteiger partial charge in [-0.3, -0.25) is 9.59 Å². The van der Waals surface area contributed by atoms with Crippen LogP contribution < -0.4 is 19.5 Å². The molecular formula is C23H27BrN2O7S. The Morgan fingerprint density at radius 1 is 1.03 bits per heavy atom. The molecule has 0 saturated carbocycles. The standard InChI is InChI=1S/C23H27BrN2O7S/c1-16-6-8-19(18(24)13-16)26-22(27)15-33-23(28)5-3-2-4-10-25-34(29,30)17-7-9-20-21(14-17)32-12-11-31-20/h6-9,13-14,25H,2-5,10-12,15H2,1H3,(H,26,27). The summed E-state index contributed by atoms with van der Waals surface area (Å²) in [5, 5.41) is 2.68. The van der Waals surface area contributed by atoms with Gasteiger partial charge in [0.1, 0.15) is 13.2 Å². The molecule has 0 aliphatic carbocycles. The number of carbonyl (C=O) groups excluding carboxylic acids is 2. The topological polar surface area (TPSA) is 120 Å². The highest BCUT2D eigenvalue weighted by Gasteiger charge is 2.19. The van der Waals surface area contributed by atoms with E-state index >= 15 is 0 Å². The third-order valence-corrected chi connectivity index (χ3v) is 7.05. The van der Waals surface area contributed by atoms with E-state index in [1.165, 1.54) is 12.1 Å². The molecule has 2 aromatic carbocycles. The Labute approximate surface area is 207 Å². The van der Waals surface area contributed by atoms with Gasteiger partial charge in [-0.05, 0) is 65.5 Å². The number of anilines is 1. The van der Waals surface area contributed by atoms with Gasteiger partial charge in [-0.1, -0.05) is 12.5 Å². The molecule has 1 aliphatic heterocycles. The molecule has 0 radical (unpaired) electrons. The SMILES string of the molecule is Cc1ccc(NC(=O)COC(=O)CCCCCNS(=O)(=O)c2ccc3c(c2)OCCO3)c(Br)c1.